The summed E-state index contributed by atoms with van der Waals surface area (Å²) in [5.41, 5.74) is 1.58. The minimum atomic E-state index is -4.49. The largest absolute Gasteiger partial charge is 0.433 e. The lowest BCUT2D eigenvalue weighted by Gasteiger charge is -2.30. The number of amides is 2. The molecule has 3 aliphatic rings. The van der Waals surface area contributed by atoms with Crippen molar-refractivity contribution in [2.75, 3.05) is 11.9 Å². The maximum Gasteiger partial charge on any atom is 0.433 e. The number of Topliss-reactive ketones (excluding diaryl/α,β-unsaturated/α-hetero) is 1. The van der Waals surface area contributed by atoms with E-state index in [1.807, 2.05) is 4.90 Å². The van der Waals surface area contributed by atoms with E-state index in [1.165, 1.54) is 16.2 Å². The van der Waals surface area contributed by atoms with Crippen LogP contribution in [0.3, 0.4) is 0 Å². The van der Waals surface area contributed by atoms with Gasteiger partial charge >= 0.3 is 6.18 Å². The molecule has 1 saturated heterocycles. The molecule has 1 N–H and O–H groups in total. The van der Waals surface area contributed by atoms with Crippen LogP contribution in [-0.4, -0.2) is 85.3 Å². The van der Waals surface area contributed by atoms with Crippen LogP contribution in [0.4, 0.5) is 19.0 Å². The third-order valence-electron chi connectivity index (χ3n) is 10.4. The lowest BCUT2D eigenvalue weighted by atomic mass is 10.0. The molecular weight excluding hydrogens is 759 g/mol. The van der Waals surface area contributed by atoms with E-state index in [-0.39, 0.29) is 54.3 Å². The third-order valence-corrected chi connectivity index (χ3v) is 10.8. The zero-order chi connectivity index (χ0) is 37.4. The molecule has 3 atom stereocenters. The maximum atomic E-state index is 14.1. The van der Waals surface area contributed by atoms with Crippen molar-refractivity contribution in [1.29, 1.82) is 0 Å². The molecule has 0 radical (unpaired) electrons. The second kappa shape index (κ2) is 12.8. The molecular formula is C35H33BrF3N11O3. The molecule has 8 rings (SSSR count). The number of piperidine rings is 1. The summed E-state index contributed by atoms with van der Waals surface area (Å²) in [4.78, 5) is 65.9. The number of imidazole rings is 1. The predicted molar refractivity (Wildman–Crippen MR) is 187 cm³/mol. The van der Waals surface area contributed by atoms with Gasteiger partial charge in [0.15, 0.2) is 5.78 Å². The van der Waals surface area contributed by atoms with Crippen molar-refractivity contribution in [3.05, 3.63) is 76.2 Å². The number of anilines is 1. The molecule has 5 aromatic heterocycles. The number of likely N-dealkylation sites (tertiary alicyclic amines) is 1. The summed E-state index contributed by atoms with van der Waals surface area (Å²) in [5, 5.41) is 8.00. The van der Waals surface area contributed by atoms with Gasteiger partial charge in [-0.3, -0.25) is 28.9 Å². The van der Waals surface area contributed by atoms with Crippen LogP contribution in [0.25, 0.3) is 22.2 Å². The van der Waals surface area contributed by atoms with Crippen molar-refractivity contribution in [3.8, 4) is 11.3 Å². The Morgan fingerprint density at radius 1 is 1.04 bits per heavy atom. The van der Waals surface area contributed by atoms with Crippen molar-refractivity contribution in [3.63, 3.8) is 0 Å². The first kappa shape index (κ1) is 35.0. The smallest absolute Gasteiger partial charge is 0.325 e. The summed E-state index contributed by atoms with van der Waals surface area (Å²) in [6.45, 7) is 5.97. The van der Waals surface area contributed by atoms with E-state index in [1.54, 1.807) is 48.6 Å². The van der Waals surface area contributed by atoms with E-state index in [0.29, 0.717) is 63.5 Å². The van der Waals surface area contributed by atoms with Crippen molar-refractivity contribution < 1.29 is 27.6 Å². The first-order valence-corrected chi connectivity index (χ1v) is 17.8. The Morgan fingerprint density at radius 3 is 2.55 bits per heavy atom. The summed E-state index contributed by atoms with van der Waals surface area (Å²) in [6, 6.07) is 4.34. The Bertz CT molecular complexity index is 2310. The van der Waals surface area contributed by atoms with Crippen molar-refractivity contribution >= 4 is 50.2 Å². The Kier molecular flexibility index (Phi) is 8.43. The second-order valence-electron chi connectivity index (χ2n) is 14.1. The average molecular weight is 793 g/mol. The molecule has 1 aliphatic carbocycles. The number of halogens is 4. The number of aromatic nitrogens is 8. The van der Waals surface area contributed by atoms with Crippen molar-refractivity contribution in [2.45, 2.75) is 78.1 Å². The third kappa shape index (κ3) is 6.47. The first-order valence-electron chi connectivity index (χ1n) is 17.0. The number of nitrogens with one attached hydrogen (secondary N) is 1. The molecule has 1 saturated carbocycles. The Labute approximate surface area is 309 Å². The van der Waals surface area contributed by atoms with Crippen LogP contribution in [0.5, 0.6) is 0 Å². The number of alkyl halides is 3. The van der Waals surface area contributed by atoms with Gasteiger partial charge in [-0.25, -0.2) is 19.9 Å². The zero-order valence-corrected chi connectivity index (χ0v) is 30.4. The Balaban J connectivity index is 1.01. The van der Waals surface area contributed by atoms with E-state index >= 15 is 0 Å². The minimum Gasteiger partial charge on any atom is -0.325 e. The molecule has 0 bridgehead atoms. The molecule has 5 aromatic rings. The molecule has 2 amide bonds. The highest BCUT2D eigenvalue weighted by molar-refractivity contribution is 9.10. The van der Waals surface area contributed by atoms with E-state index in [2.05, 4.69) is 58.2 Å². The van der Waals surface area contributed by atoms with Crippen LogP contribution in [0.2, 0.25) is 0 Å². The van der Waals surface area contributed by atoms with Gasteiger partial charge in [0.25, 0.3) is 0 Å². The number of hydrogen-bond donors (Lipinski definition) is 1. The fraction of sp³-hybridized carbons (Fsp3) is 0.400. The fourth-order valence-corrected chi connectivity index (χ4v) is 7.83. The van der Waals surface area contributed by atoms with E-state index in [4.69, 9.17) is 0 Å². The molecule has 0 aromatic carbocycles. The number of carbonyl (C=O) groups excluding carboxylic acids is 3. The highest BCUT2D eigenvalue weighted by atomic mass is 79.9. The summed E-state index contributed by atoms with van der Waals surface area (Å²) in [5.74, 6) is 0.215. The molecule has 53 heavy (non-hydrogen) atoms. The van der Waals surface area contributed by atoms with Crippen LogP contribution >= 0.6 is 15.9 Å². The SMILES string of the molecule is CC(=O)c1nn(CC(=O)N2[C@H](C(=O)Nc3nc(Br)ccc3CN3CCn4c(C(F)(F)F)cnc4C3)C[C@@]3(C)C[C@@H]23)c2cnc(-c3cnc(C)nc3)cc12. The molecule has 7 heterocycles. The average Bonchev–Trinajstić information content (AvgIpc) is 3.40. The summed E-state index contributed by atoms with van der Waals surface area (Å²) < 4.78 is 43.4. The lowest BCUT2D eigenvalue weighted by molar-refractivity contribution is -0.144. The van der Waals surface area contributed by atoms with E-state index < -0.39 is 23.8 Å². The molecule has 2 fully saturated rings. The maximum absolute atomic E-state index is 14.1. The Hall–Kier alpha value is -5.10. The zero-order valence-electron chi connectivity index (χ0n) is 28.9. The van der Waals surface area contributed by atoms with Gasteiger partial charge in [0.2, 0.25) is 11.8 Å². The van der Waals surface area contributed by atoms with Gasteiger partial charge in [-0.05, 0) is 53.2 Å². The lowest BCUT2D eigenvalue weighted by Crippen LogP contribution is -2.47. The van der Waals surface area contributed by atoms with Gasteiger partial charge < -0.3 is 14.8 Å². The van der Waals surface area contributed by atoms with E-state index in [0.717, 1.165) is 12.6 Å². The predicted octanol–water partition coefficient (Wildman–Crippen LogP) is 4.81. The van der Waals surface area contributed by atoms with Crippen molar-refractivity contribution in [1.82, 2.24) is 49.1 Å². The first-order chi connectivity index (χ1) is 25.2. The number of carbonyl (C=O) groups is 3. The number of nitrogens with zero attached hydrogens (tertiary/aromatic N) is 10. The van der Waals surface area contributed by atoms with Crippen LogP contribution in [0.15, 0.2) is 47.6 Å². The van der Waals surface area contributed by atoms with Gasteiger partial charge in [-0.2, -0.15) is 18.3 Å². The van der Waals surface area contributed by atoms with Gasteiger partial charge in [-0.1, -0.05) is 13.0 Å². The standard InChI is InChI=1S/C35H33BrF3N11O3/c1-18(51)31-22-8-23(21-11-40-19(2)41-12-21)42-13-25(22)49(46-31)17-30(52)50-24(9-34(3)10-26(34)50)33(53)45-32-20(4-5-28(36)44-32)15-47-6-7-48-27(35(37,38)39)14-43-29(48)16-47/h4-5,8,11-14,24,26H,6-7,9-10,15-17H2,1-3H3,(H,44,45,53)/t24-,26+,34-/m0/s1. The molecule has 0 spiro atoms. The van der Waals surface area contributed by atoms with Crippen LogP contribution in [-0.2, 0) is 41.9 Å². The normalized spacial score (nSPS) is 21.1. The number of ketones is 1. The second-order valence-corrected chi connectivity index (χ2v) is 14.9. The monoisotopic (exact) mass is 791 g/mol. The Morgan fingerprint density at radius 2 is 1.81 bits per heavy atom. The van der Waals surface area contributed by atoms with Gasteiger partial charge in [0, 0.05) is 61.5 Å². The number of rotatable bonds is 8. The molecule has 2 aliphatic heterocycles. The summed E-state index contributed by atoms with van der Waals surface area (Å²) in [6.07, 6.45) is 2.44. The van der Waals surface area contributed by atoms with E-state index in [9.17, 15) is 27.6 Å². The van der Waals surface area contributed by atoms with Crippen LogP contribution in [0, 0.1) is 12.3 Å². The van der Waals surface area contributed by atoms with Crippen LogP contribution in [0.1, 0.15) is 60.1 Å². The number of pyridine rings is 2. The molecule has 0 unspecified atom stereocenters. The number of hydrogen-bond acceptors (Lipinski definition) is 10. The summed E-state index contributed by atoms with van der Waals surface area (Å²) in [7, 11) is 0. The highest BCUT2D eigenvalue weighted by Gasteiger charge is 2.64. The molecule has 14 nitrogen and oxygen atoms in total. The minimum absolute atomic E-state index is 0.118. The molecule has 18 heteroatoms. The van der Waals surface area contributed by atoms with Gasteiger partial charge in [-0.15, -0.1) is 0 Å². The summed E-state index contributed by atoms with van der Waals surface area (Å²) >= 11 is 3.38. The van der Waals surface area contributed by atoms with Crippen LogP contribution < -0.4 is 5.32 Å². The quantitative estimate of drug-likeness (QED) is 0.171. The topological polar surface area (TPSA) is 157 Å². The highest BCUT2D eigenvalue weighted by Crippen LogP contribution is 2.59. The number of aryl methyl sites for hydroxylation is 1. The van der Waals surface area contributed by atoms with Crippen molar-refractivity contribution in [2.24, 2.45) is 5.41 Å². The number of fused-ring (bicyclic) bond motifs is 3. The van der Waals surface area contributed by atoms with Gasteiger partial charge in [0.05, 0.1) is 30.1 Å². The molecule has 274 valence electrons. The van der Waals surface area contributed by atoms with Gasteiger partial charge in [0.1, 0.15) is 46.0 Å². The fourth-order valence-electron chi connectivity index (χ4n) is 7.52.